The molecule has 15 heavy (non-hydrogen) atoms. The molecule has 0 spiro atoms. The number of hydrogen-bond acceptors (Lipinski definition) is 2. The van der Waals surface area contributed by atoms with E-state index in [1.165, 1.54) is 31.4 Å². The van der Waals surface area contributed by atoms with Crippen LogP contribution in [-0.2, 0) is 4.74 Å². The van der Waals surface area contributed by atoms with E-state index < -0.39 is 0 Å². The Morgan fingerprint density at radius 1 is 1.27 bits per heavy atom. The summed E-state index contributed by atoms with van der Waals surface area (Å²) in [6.45, 7) is 1.50. The fraction of sp³-hybridized carbons (Fsp3) is 0.500. The average Bonchev–Trinajstić information content (AvgIpc) is 2.18. The Kier molecular flexibility index (Phi) is 3.56. The highest BCUT2D eigenvalue weighted by atomic mass is 19.1. The van der Waals surface area contributed by atoms with E-state index >= 15 is 0 Å². The van der Waals surface area contributed by atoms with Crippen molar-refractivity contribution in [1.82, 2.24) is 0 Å². The quantitative estimate of drug-likeness (QED) is 0.753. The van der Waals surface area contributed by atoms with E-state index in [1.807, 2.05) is 0 Å². The molecule has 1 saturated carbocycles. The smallest absolute Gasteiger partial charge is 0.123 e. The molecule has 0 aliphatic heterocycles. The van der Waals surface area contributed by atoms with Crippen LogP contribution in [0.15, 0.2) is 24.3 Å². The lowest BCUT2D eigenvalue weighted by Crippen LogP contribution is -2.24. The van der Waals surface area contributed by atoms with Crippen molar-refractivity contribution in [2.24, 2.45) is 0 Å². The summed E-state index contributed by atoms with van der Waals surface area (Å²) in [7, 11) is 0. The second-order valence-corrected chi connectivity index (χ2v) is 3.86. The van der Waals surface area contributed by atoms with Crippen LogP contribution in [0.2, 0.25) is 0 Å². The molecular formula is C12H16FNO. The zero-order valence-corrected chi connectivity index (χ0v) is 8.71. The number of halogens is 1. The Morgan fingerprint density at radius 3 is 2.60 bits per heavy atom. The van der Waals surface area contributed by atoms with Gasteiger partial charge in [-0.2, -0.15) is 0 Å². The van der Waals surface area contributed by atoms with Crippen LogP contribution in [0.25, 0.3) is 0 Å². The van der Waals surface area contributed by atoms with Gasteiger partial charge in [0.2, 0.25) is 0 Å². The van der Waals surface area contributed by atoms with Crippen molar-refractivity contribution in [2.45, 2.75) is 25.4 Å². The molecule has 2 rings (SSSR count). The first kappa shape index (κ1) is 10.4. The first-order valence-corrected chi connectivity index (χ1v) is 5.45. The highest BCUT2D eigenvalue weighted by Crippen LogP contribution is 2.21. The molecular weight excluding hydrogens is 193 g/mol. The first-order chi connectivity index (χ1) is 7.34. The number of benzene rings is 1. The summed E-state index contributed by atoms with van der Waals surface area (Å²) >= 11 is 0. The Labute approximate surface area is 89.4 Å². The van der Waals surface area contributed by atoms with Crippen LogP contribution in [0.4, 0.5) is 10.1 Å². The summed E-state index contributed by atoms with van der Waals surface area (Å²) in [4.78, 5) is 0. The maximum Gasteiger partial charge on any atom is 0.123 e. The molecule has 1 N–H and O–H groups in total. The maximum absolute atomic E-state index is 12.6. The number of nitrogens with one attached hydrogen (secondary N) is 1. The summed E-state index contributed by atoms with van der Waals surface area (Å²) < 4.78 is 18.2. The molecule has 82 valence electrons. The fourth-order valence-electron chi connectivity index (χ4n) is 1.53. The zero-order valence-electron chi connectivity index (χ0n) is 8.71. The molecule has 0 amide bonds. The van der Waals surface area contributed by atoms with Crippen molar-refractivity contribution in [3.63, 3.8) is 0 Å². The molecule has 1 aliphatic rings. The van der Waals surface area contributed by atoms with Gasteiger partial charge in [-0.05, 0) is 43.5 Å². The summed E-state index contributed by atoms with van der Waals surface area (Å²) in [6.07, 6.45) is 4.20. The highest BCUT2D eigenvalue weighted by Gasteiger charge is 2.16. The summed E-state index contributed by atoms with van der Waals surface area (Å²) in [5, 5.41) is 3.18. The van der Waals surface area contributed by atoms with Gasteiger partial charge in [0.15, 0.2) is 0 Å². The van der Waals surface area contributed by atoms with Crippen LogP contribution in [0.5, 0.6) is 0 Å². The lowest BCUT2D eigenvalue weighted by atomic mass is 9.96. The van der Waals surface area contributed by atoms with Crippen molar-refractivity contribution in [2.75, 3.05) is 18.5 Å². The number of hydrogen-bond donors (Lipinski definition) is 1. The third-order valence-electron chi connectivity index (χ3n) is 2.68. The molecule has 0 heterocycles. The van der Waals surface area contributed by atoms with Gasteiger partial charge in [-0.1, -0.05) is 0 Å². The summed E-state index contributed by atoms with van der Waals surface area (Å²) in [5.74, 6) is -0.203. The fourth-order valence-corrected chi connectivity index (χ4v) is 1.53. The van der Waals surface area contributed by atoms with Crippen LogP contribution in [-0.4, -0.2) is 19.3 Å². The Bertz CT molecular complexity index is 295. The van der Waals surface area contributed by atoms with Gasteiger partial charge in [-0.25, -0.2) is 4.39 Å². The Balaban J connectivity index is 1.62. The van der Waals surface area contributed by atoms with Crippen molar-refractivity contribution < 1.29 is 9.13 Å². The van der Waals surface area contributed by atoms with Gasteiger partial charge in [0.05, 0.1) is 12.7 Å². The Hall–Kier alpha value is -1.09. The summed E-state index contributed by atoms with van der Waals surface area (Å²) in [6, 6.07) is 6.38. The molecule has 0 unspecified atom stereocenters. The molecule has 1 aromatic carbocycles. The van der Waals surface area contributed by atoms with E-state index in [0.717, 1.165) is 18.8 Å². The second-order valence-electron chi connectivity index (χ2n) is 3.86. The highest BCUT2D eigenvalue weighted by molar-refractivity contribution is 5.42. The number of rotatable bonds is 5. The summed E-state index contributed by atoms with van der Waals surface area (Å²) in [5.41, 5.74) is 0.939. The maximum atomic E-state index is 12.6. The molecule has 0 radical (unpaired) electrons. The lowest BCUT2D eigenvalue weighted by molar-refractivity contribution is 0.00812. The minimum Gasteiger partial charge on any atom is -0.383 e. The second kappa shape index (κ2) is 5.12. The van der Waals surface area contributed by atoms with E-state index in [2.05, 4.69) is 5.32 Å². The molecule has 1 fully saturated rings. The van der Waals surface area contributed by atoms with Crippen molar-refractivity contribution in [1.29, 1.82) is 0 Å². The molecule has 3 heteroatoms. The van der Waals surface area contributed by atoms with Crippen LogP contribution >= 0.6 is 0 Å². The zero-order chi connectivity index (χ0) is 10.5. The lowest BCUT2D eigenvalue weighted by Gasteiger charge is -2.25. The van der Waals surface area contributed by atoms with Gasteiger partial charge in [0, 0.05) is 12.2 Å². The predicted octanol–water partition coefficient (Wildman–Crippen LogP) is 2.81. The van der Waals surface area contributed by atoms with Crippen LogP contribution in [0.1, 0.15) is 19.3 Å². The predicted molar refractivity (Wildman–Crippen MR) is 58.5 cm³/mol. The third kappa shape index (κ3) is 3.20. The first-order valence-electron chi connectivity index (χ1n) is 5.45. The molecule has 0 bridgehead atoms. The van der Waals surface area contributed by atoms with E-state index in [-0.39, 0.29) is 5.82 Å². The van der Waals surface area contributed by atoms with Crippen LogP contribution < -0.4 is 5.32 Å². The SMILES string of the molecule is Fc1ccc(NCCOC2CCC2)cc1. The van der Waals surface area contributed by atoms with Gasteiger partial charge in [0.25, 0.3) is 0 Å². The normalized spacial score (nSPS) is 16.1. The third-order valence-corrected chi connectivity index (χ3v) is 2.68. The largest absolute Gasteiger partial charge is 0.383 e. The van der Waals surface area contributed by atoms with Gasteiger partial charge in [-0.3, -0.25) is 0 Å². The van der Waals surface area contributed by atoms with Crippen molar-refractivity contribution in [3.8, 4) is 0 Å². The molecule has 1 aromatic rings. The van der Waals surface area contributed by atoms with Crippen molar-refractivity contribution in [3.05, 3.63) is 30.1 Å². The number of anilines is 1. The van der Waals surface area contributed by atoms with Crippen molar-refractivity contribution >= 4 is 5.69 Å². The van der Waals surface area contributed by atoms with Gasteiger partial charge in [-0.15, -0.1) is 0 Å². The molecule has 1 aliphatic carbocycles. The molecule has 0 aromatic heterocycles. The van der Waals surface area contributed by atoms with Crippen LogP contribution in [0, 0.1) is 5.82 Å². The molecule has 0 atom stereocenters. The molecule has 2 nitrogen and oxygen atoms in total. The molecule has 0 saturated heterocycles. The van der Waals surface area contributed by atoms with E-state index in [1.54, 1.807) is 12.1 Å². The van der Waals surface area contributed by atoms with E-state index in [4.69, 9.17) is 4.74 Å². The van der Waals surface area contributed by atoms with Gasteiger partial charge >= 0.3 is 0 Å². The van der Waals surface area contributed by atoms with E-state index in [9.17, 15) is 4.39 Å². The Morgan fingerprint density at radius 2 is 2.00 bits per heavy atom. The minimum atomic E-state index is -0.203. The van der Waals surface area contributed by atoms with Gasteiger partial charge < -0.3 is 10.1 Å². The number of ether oxygens (including phenoxy) is 1. The average molecular weight is 209 g/mol. The minimum absolute atomic E-state index is 0.203. The topological polar surface area (TPSA) is 21.3 Å². The monoisotopic (exact) mass is 209 g/mol. The van der Waals surface area contributed by atoms with E-state index in [0.29, 0.717) is 6.10 Å². The standard InChI is InChI=1S/C12H16FNO/c13-10-4-6-11(7-5-10)14-8-9-15-12-2-1-3-12/h4-7,12,14H,1-3,8-9H2. The van der Waals surface area contributed by atoms with Crippen LogP contribution in [0.3, 0.4) is 0 Å². The van der Waals surface area contributed by atoms with Gasteiger partial charge in [0.1, 0.15) is 5.82 Å².